The van der Waals surface area contributed by atoms with Crippen LogP contribution in [0.1, 0.15) is 78.8 Å². The molecule has 0 aromatic carbocycles. The fourth-order valence-electron chi connectivity index (χ4n) is 9.46. The number of carbonyl (C=O) groups excluding carboxylic acids is 2. The van der Waals surface area contributed by atoms with E-state index < -0.39 is 0 Å². The number of nitrogens with zero attached hydrogens (tertiary/aromatic N) is 4. The first-order valence-electron chi connectivity index (χ1n) is 14.9. The normalized spacial score (nSPS) is 39.5. The summed E-state index contributed by atoms with van der Waals surface area (Å²) in [5.74, 6) is 2.66. The summed E-state index contributed by atoms with van der Waals surface area (Å²) in [5.41, 5.74) is 2.51. The Morgan fingerprint density at radius 1 is 1.08 bits per heavy atom. The third kappa shape index (κ3) is 3.59. The molecule has 3 heterocycles. The Morgan fingerprint density at radius 2 is 1.92 bits per heavy atom. The lowest BCUT2D eigenvalue weighted by atomic mass is 9.71. The minimum Gasteiger partial charge on any atom is -0.391 e. The zero-order valence-electron chi connectivity index (χ0n) is 22.1. The van der Waals surface area contributed by atoms with Gasteiger partial charge in [0.2, 0.25) is 0 Å². The Bertz CT molecular complexity index is 1300. The fraction of sp³-hybridized carbons (Fsp3) is 0.700. The molecule has 1 aliphatic heterocycles. The Labute approximate surface area is 223 Å². The Kier molecular flexibility index (Phi) is 5.10. The van der Waals surface area contributed by atoms with Gasteiger partial charge < -0.3 is 15.3 Å². The summed E-state index contributed by atoms with van der Waals surface area (Å²) in [6.07, 6.45) is 12.4. The van der Waals surface area contributed by atoms with E-state index in [1.807, 2.05) is 23.1 Å². The van der Waals surface area contributed by atoms with Crippen LogP contribution >= 0.6 is 0 Å². The molecule has 0 radical (unpaired) electrons. The summed E-state index contributed by atoms with van der Waals surface area (Å²) < 4.78 is 1.78. The minimum atomic E-state index is -0.252. The van der Waals surface area contributed by atoms with E-state index in [9.17, 15) is 14.7 Å². The molecule has 4 unspecified atom stereocenters. The van der Waals surface area contributed by atoms with Crippen LogP contribution < -0.4 is 5.32 Å². The van der Waals surface area contributed by atoms with Crippen LogP contribution in [0.15, 0.2) is 24.4 Å². The molecule has 6 fully saturated rings. The average Bonchev–Trinajstić information content (AvgIpc) is 3.77. The van der Waals surface area contributed by atoms with E-state index in [0.29, 0.717) is 41.0 Å². The second-order valence-corrected chi connectivity index (χ2v) is 13.5. The number of aliphatic hydroxyl groups excluding tert-OH is 1. The molecule has 202 valence electrons. The molecule has 2 aromatic heterocycles. The molecule has 2 N–H and O–H groups in total. The van der Waals surface area contributed by atoms with Gasteiger partial charge in [-0.05, 0) is 85.7 Å². The van der Waals surface area contributed by atoms with Gasteiger partial charge in [0.15, 0.2) is 0 Å². The van der Waals surface area contributed by atoms with Crippen molar-refractivity contribution < 1.29 is 14.7 Å². The van der Waals surface area contributed by atoms with Crippen molar-refractivity contribution in [2.24, 2.45) is 28.6 Å². The van der Waals surface area contributed by atoms with Crippen LogP contribution in [0.25, 0.3) is 5.65 Å². The average molecular weight is 518 g/mol. The van der Waals surface area contributed by atoms with Gasteiger partial charge in [-0.1, -0.05) is 18.9 Å². The van der Waals surface area contributed by atoms with Crippen LogP contribution in [0, 0.1) is 28.6 Å². The van der Waals surface area contributed by atoms with Gasteiger partial charge in [-0.25, -0.2) is 4.98 Å². The number of rotatable bonds is 5. The van der Waals surface area contributed by atoms with Gasteiger partial charge in [0.05, 0.1) is 6.10 Å². The number of hydrogen-bond donors (Lipinski definition) is 2. The summed E-state index contributed by atoms with van der Waals surface area (Å²) in [6, 6.07) is 5.76. The topological polar surface area (TPSA) is 90.2 Å². The van der Waals surface area contributed by atoms with Crippen molar-refractivity contribution in [3.8, 4) is 0 Å². The van der Waals surface area contributed by atoms with Crippen molar-refractivity contribution >= 4 is 17.5 Å². The molecule has 8 heteroatoms. The number of aliphatic hydroxyl groups is 1. The van der Waals surface area contributed by atoms with Crippen LogP contribution in [-0.2, 0) is 0 Å². The Morgan fingerprint density at radius 3 is 2.76 bits per heavy atom. The third-order valence-electron chi connectivity index (χ3n) is 11.4. The van der Waals surface area contributed by atoms with Gasteiger partial charge in [-0.3, -0.25) is 18.9 Å². The highest BCUT2D eigenvalue weighted by atomic mass is 16.3. The number of aromatic nitrogens is 2. The molecule has 1 spiro atoms. The zero-order valence-corrected chi connectivity index (χ0v) is 22.1. The molecular formula is C30H39N5O3. The highest BCUT2D eigenvalue weighted by molar-refractivity contribution is 5.95. The predicted octanol–water partition coefficient (Wildman–Crippen LogP) is 2.95. The van der Waals surface area contributed by atoms with Crippen LogP contribution in [0.2, 0.25) is 0 Å². The van der Waals surface area contributed by atoms with Gasteiger partial charge in [0.1, 0.15) is 17.0 Å². The van der Waals surface area contributed by atoms with Crippen molar-refractivity contribution in [2.75, 3.05) is 32.7 Å². The molecule has 6 aliphatic rings. The van der Waals surface area contributed by atoms with Crippen molar-refractivity contribution in [1.29, 1.82) is 0 Å². The second kappa shape index (κ2) is 8.28. The van der Waals surface area contributed by atoms with Crippen LogP contribution in [0.3, 0.4) is 0 Å². The van der Waals surface area contributed by atoms with Crippen molar-refractivity contribution in [1.82, 2.24) is 24.5 Å². The molecule has 5 saturated carbocycles. The molecular weight excluding hydrogens is 478 g/mol. The number of carbonyl (C=O) groups is 2. The quantitative estimate of drug-likeness (QED) is 0.637. The number of fused-ring (bicyclic) bond motifs is 3. The third-order valence-corrected chi connectivity index (χ3v) is 11.4. The number of hydrogen-bond acceptors (Lipinski definition) is 5. The maximum atomic E-state index is 13.4. The first-order valence-corrected chi connectivity index (χ1v) is 14.9. The first kappa shape index (κ1) is 23.4. The van der Waals surface area contributed by atoms with Crippen molar-refractivity contribution in [3.05, 3.63) is 35.8 Å². The standard InChI is InChI=1S/C30H39N5O3/c36-25-6-2-1-4-23(25)33-8-10-34(11-9-33)28(38)22-16-35-24(5-3-7-26(35)32-22)27(37)31-18-29-13-19-12-21(19)30(17-29)15-20(30)14-29/h3,5,7,16,19-21,23,25,36H,1-2,4,6,8-15,17-18H2,(H,31,37)/t19?,20?,21-,23+,25+,29?,30?/m0/s1. The Balaban J connectivity index is 0.939. The van der Waals surface area contributed by atoms with Gasteiger partial charge in [-0.15, -0.1) is 0 Å². The van der Waals surface area contributed by atoms with Crippen LogP contribution in [0.5, 0.6) is 0 Å². The van der Waals surface area contributed by atoms with Gasteiger partial charge in [0, 0.05) is 45.0 Å². The lowest BCUT2D eigenvalue weighted by Gasteiger charge is -2.42. The summed E-state index contributed by atoms with van der Waals surface area (Å²) in [4.78, 5) is 35.6. The summed E-state index contributed by atoms with van der Waals surface area (Å²) in [6.45, 7) is 3.59. The highest BCUT2D eigenvalue weighted by Gasteiger charge is 2.76. The maximum absolute atomic E-state index is 13.4. The lowest BCUT2D eigenvalue weighted by Crippen LogP contribution is -2.55. The smallest absolute Gasteiger partial charge is 0.274 e. The molecule has 2 aromatic rings. The van der Waals surface area contributed by atoms with E-state index in [0.717, 1.165) is 56.7 Å². The van der Waals surface area contributed by atoms with Crippen LogP contribution in [-0.4, -0.2) is 81.0 Å². The molecule has 8 nitrogen and oxygen atoms in total. The number of amides is 2. The Hall–Kier alpha value is -2.45. The molecule has 2 amide bonds. The molecule has 1 saturated heterocycles. The summed E-state index contributed by atoms with van der Waals surface area (Å²) in [7, 11) is 0. The first-order chi connectivity index (χ1) is 18.4. The molecule has 8 rings (SSSR count). The molecule has 38 heavy (non-hydrogen) atoms. The van der Waals surface area contributed by atoms with E-state index in [2.05, 4.69) is 15.2 Å². The highest BCUT2D eigenvalue weighted by Crippen LogP contribution is 2.83. The summed E-state index contributed by atoms with van der Waals surface area (Å²) in [5, 5.41) is 13.7. The fourth-order valence-corrected chi connectivity index (χ4v) is 9.46. The SMILES string of the molecule is O=C(NCC12CC3C[C@@H]3C3(CC3C1)C2)c1cccc2nc(C(=O)N3CCN([C@@H]4CCCC[C@H]4O)CC3)cn12. The van der Waals surface area contributed by atoms with Crippen LogP contribution in [0.4, 0.5) is 0 Å². The van der Waals surface area contributed by atoms with E-state index in [1.54, 1.807) is 10.6 Å². The van der Waals surface area contributed by atoms with E-state index in [-0.39, 0.29) is 24.0 Å². The number of imidazole rings is 1. The molecule has 7 atom stereocenters. The molecule has 2 bridgehead atoms. The van der Waals surface area contributed by atoms with E-state index >= 15 is 0 Å². The number of nitrogens with one attached hydrogen (secondary N) is 1. The monoisotopic (exact) mass is 517 g/mol. The summed E-state index contributed by atoms with van der Waals surface area (Å²) >= 11 is 0. The van der Waals surface area contributed by atoms with Crippen molar-refractivity contribution in [3.63, 3.8) is 0 Å². The second-order valence-electron chi connectivity index (χ2n) is 13.5. The number of pyridine rings is 1. The largest absolute Gasteiger partial charge is 0.391 e. The molecule has 5 aliphatic carbocycles. The van der Waals surface area contributed by atoms with E-state index in [4.69, 9.17) is 0 Å². The maximum Gasteiger partial charge on any atom is 0.274 e. The van der Waals surface area contributed by atoms with Crippen molar-refractivity contribution in [2.45, 2.75) is 69.9 Å². The van der Waals surface area contributed by atoms with Gasteiger partial charge in [-0.2, -0.15) is 0 Å². The predicted molar refractivity (Wildman–Crippen MR) is 142 cm³/mol. The van der Waals surface area contributed by atoms with Gasteiger partial charge >= 0.3 is 0 Å². The minimum absolute atomic E-state index is 0.0754. The zero-order chi connectivity index (χ0) is 25.6. The van der Waals surface area contributed by atoms with Gasteiger partial charge in [0.25, 0.3) is 11.8 Å². The number of piperazine rings is 1. The van der Waals surface area contributed by atoms with E-state index in [1.165, 1.54) is 38.5 Å². The lowest BCUT2D eigenvalue weighted by molar-refractivity contribution is -0.00182.